The molecule has 0 aliphatic carbocycles. The number of benzene rings is 2. The third-order valence-corrected chi connectivity index (χ3v) is 4.47. The van der Waals surface area contributed by atoms with Gasteiger partial charge in [0.05, 0.1) is 0 Å². The number of amides is 2. The highest BCUT2D eigenvalue weighted by Crippen LogP contribution is 2.22. The molecule has 2 rings (SSSR count). The van der Waals surface area contributed by atoms with Gasteiger partial charge in [-0.25, -0.2) is 0 Å². The van der Waals surface area contributed by atoms with Crippen LogP contribution in [0, 0.1) is 6.92 Å². The van der Waals surface area contributed by atoms with Gasteiger partial charge in [-0.15, -0.1) is 0 Å². The van der Waals surface area contributed by atoms with Crippen molar-refractivity contribution in [2.75, 3.05) is 0 Å². The maximum atomic E-state index is 12.4. The summed E-state index contributed by atoms with van der Waals surface area (Å²) < 4.78 is 0. The number of nitrogens with one attached hydrogen (secondary N) is 2. The molecule has 2 aromatic carbocycles. The van der Waals surface area contributed by atoms with Gasteiger partial charge in [0, 0.05) is 12.1 Å². The molecule has 0 aliphatic rings. The molecule has 2 N–H and O–H groups in total. The number of aryl methyl sites for hydroxylation is 1. The molecule has 0 saturated carbocycles. The van der Waals surface area contributed by atoms with E-state index in [1.54, 1.807) is 19.1 Å². The summed E-state index contributed by atoms with van der Waals surface area (Å²) in [7, 11) is 0. The van der Waals surface area contributed by atoms with Crippen molar-refractivity contribution in [2.45, 2.75) is 52.6 Å². The molecule has 0 bridgehead atoms. The van der Waals surface area contributed by atoms with Gasteiger partial charge in [0.2, 0.25) is 5.91 Å². The Labute approximate surface area is 156 Å². The maximum Gasteiger partial charge on any atom is 0.251 e. The predicted octanol–water partition coefficient (Wildman–Crippen LogP) is 3.73. The molecule has 138 valence electrons. The van der Waals surface area contributed by atoms with Crippen molar-refractivity contribution in [3.63, 3.8) is 0 Å². The van der Waals surface area contributed by atoms with Crippen molar-refractivity contribution in [3.05, 3.63) is 70.8 Å². The van der Waals surface area contributed by atoms with E-state index in [-0.39, 0.29) is 17.2 Å². The van der Waals surface area contributed by atoms with Gasteiger partial charge in [-0.2, -0.15) is 0 Å². The molecular weight excluding hydrogens is 324 g/mol. The Morgan fingerprint density at radius 3 is 2.19 bits per heavy atom. The molecule has 0 aromatic heterocycles. The SMILES string of the molecule is Cc1ccccc1CNC(=O)C(C)NC(=O)c1ccc(C(C)(C)C)cc1. The Bertz CT molecular complexity index is 773. The summed E-state index contributed by atoms with van der Waals surface area (Å²) in [5.74, 6) is -0.447. The summed E-state index contributed by atoms with van der Waals surface area (Å²) >= 11 is 0. The molecule has 0 radical (unpaired) electrons. The van der Waals surface area contributed by atoms with E-state index < -0.39 is 6.04 Å². The first-order valence-electron chi connectivity index (χ1n) is 8.92. The van der Waals surface area contributed by atoms with Crippen LogP contribution in [-0.4, -0.2) is 17.9 Å². The fourth-order valence-corrected chi connectivity index (χ4v) is 2.61. The highest BCUT2D eigenvalue weighted by atomic mass is 16.2. The predicted molar refractivity (Wildman–Crippen MR) is 105 cm³/mol. The lowest BCUT2D eigenvalue weighted by Gasteiger charge is -2.19. The Kier molecular flexibility index (Phi) is 6.19. The Morgan fingerprint density at radius 1 is 1.00 bits per heavy atom. The van der Waals surface area contributed by atoms with Gasteiger partial charge in [-0.3, -0.25) is 9.59 Å². The molecule has 4 heteroatoms. The fraction of sp³-hybridized carbons (Fsp3) is 0.364. The molecule has 4 nitrogen and oxygen atoms in total. The van der Waals surface area contributed by atoms with Gasteiger partial charge in [-0.1, -0.05) is 57.2 Å². The van der Waals surface area contributed by atoms with Crippen molar-refractivity contribution in [1.82, 2.24) is 10.6 Å². The van der Waals surface area contributed by atoms with E-state index in [0.29, 0.717) is 12.1 Å². The summed E-state index contributed by atoms with van der Waals surface area (Å²) in [6.07, 6.45) is 0. The summed E-state index contributed by atoms with van der Waals surface area (Å²) in [4.78, 5) is 24.6. The summed E-state index contributed by atoms with van der Waals surface area (Å²) in [6, 6.07) is 14.8. The van der Waals surface area contributed by atoms with Crippen molar-refractivity contribution in [1.29, 1.82) is 0 Å². The number of rotatable bonds is 5. The monoisotopic (exact) mass is 352 g/mol. The largest absolute Gasteiger partial charge is 0.350 e. The van der Waals surface area contributed by atoms with Gasteiger partial charge < -0.3 is 10.6 Å². The first kappa shape index (κ1) is 19.7. The second kappa shape index (κ2) is 8.17. The van der Waals surface area contributed by atoms with Crippen LogP contribution in [0.25, 0.3) is 0 Å². The molecule has 2 amide bonds. The van der Waals surface area contributed by atoms with E-state index >= 15 is 0 Å². The van der Waals surface area contributed by atoms with Gasteiger partial charge in [0.1, 0.15) is 6.04 Å². The van der Waals surface area contributed by atoms with Crippen LogP contribution in [0.2, 0.25) is 0 Å². The number of carbonyl (C=O) groups excluding carboxylic acids is 2. The number of carbonyl (C=O) groups is 2. The molecule has 1 atom stereocenters. The van der Waals surface area contributed by atoms with Crippen LogP contribution in [0.3, 0.4) is 0 Å². The van der Waals surface area contributed by atoms with Crippen LogP contribution in [0.5, 0.6) is 0 Å². The minimum atomic E-state index is -0.603. The van der Waals surface area contributed by atoms with Crippen LogP contribution >= 0.6 is 0 Å². The third kappa shape index (κ3) is 5.19. The molecule has 2 aromatic rings. The normalized spacial score (nSPS) is 12.3. The van der Waals surface area contributed by atoms with Crippen molar-refractivity contribution in [2.24, 2.45) is 0 Å². The smallest absolute Gasteiger partial charge is 0.251 e. The maximum absolute atomic E-state index is 12.4. The average Bonchev–Trinajstić information content (AvgIpc) is 2.60. The van der Waals surface area contributed by atoms with Crippen molar-refractivity contribution >= 4 is 11.8 Å². The average molecular weight is 352 g/mol. The molecule has 0 saturated heterocycles. The van der Waals surface area contributed by atoms with Crippen molar-refractivity contribution in [3.8, 4) is 0 Å². The fourth-order valence-electron chi connectivity index (χ4n) is 2.61. The van der Waals surface area contributed by atoms with Crippen LogP contribution < -0.4 is 10.6 Å². The molecule has 0 spiro atoms. The summed E-state index contributed by atoms with van der Waals surface area (Å²) in [6.45, 7) is 10.5. The van der Waals surface area contributed by atoms with Crippen molar-refractivity contribution < 1.29 is 9.59 Å². The zero-order chi connectivity index (χ0) is 19.3. The molecular formula is C22H28N2O2. The minimum absolute atomic E-state index is 0.0394. The Balaban J connectivity index is 1.91. The first-order valence-corrected chi connectivity index (χ1v) is 8.92. The van der Waals surface area contributed by atoms with Gasteiger partial charge in [0.25, 0.3) is 5.91 Å². The van der Waals surface area contributed by atoms with E-state index in [0.717, 1.165) is 16.7 Å². The Hall–Kier alpha value is -2.62. The quantitative estimate of drug-likeness (QED) is 0.861. The van der Waals surface area contributed by atoms with Crippen LogP contribution in [-0.2, 0) is 16.8 Å². The lowest BCUT2D eigenvalue weighted by Crippen LogP contribution is -2.44. The molecule has 0 fully saturated rings. The topological polar surface area (TPSA) is 58.2 Å². The zero-order valence-electron chi connectivity index (χ0n) is 16.2. The minimum Gasteiger partial charge on any atom is -0.350 e. The second-order valence-electron chi connectivity index (χ2n) is 7.67. The highest BCUT2D eigenvalue weighted by molar-refractivity contribution is 5.97. The highest BCUT2D eigenvalue weighted by Gasteiger charge is 2.18. The van der Waals surface area contributed by atoms with Crippen LogP contribution in [0.4, 0.5) is 0 Å². The standard InChI is InChI=1S/C22H28N2O2/c1-15-8-6-7-9-18(15)14-23-20(25)16(2)24-21(26)17-10-12-19(13-11-17)22(3,4)5/h6-13,16H,14H2,1-5H3,(H,23,25)(H,24,26). The lowest BCUT2D eigenvalue weighted by atomic mass is 9.86. The second-order valence-corrected chi connectivity index (χ2v) is 7.67. The van der Waals surface area contributed by atoms with E-state index in [4.69, 9.17) is 0 Å². The van der Waals surface area contributed by atoms with Crippen LogP contribution in [0.15, 0.2) is 48.5 Å². The summed E-state index contributed by atoms with van der Waals surface area (Å²) in [5, 5.41) is 5.63. The Morgan fingerprint density at radius 2 is 1.62 bits per heavy atom. The molecule has 0 aliphatic heterocycles. The molecule has 0 heterocycles. The number of hydrogen-bond acceptors (Lipinski definition) is 2. The summed E-state index contributed by atoms with van der Waals surface area (Å²) in [5.41, 5.74) is 3.95. The zero-order valence-corrected chi connectivity index (χ0v) is 16.2. The van der Waals surface area contributed by atoms with Crippen LogP contribution in [0.1, 0.15) is 54.7 Å². The molecule has 26 heavy (non-hydrogen) atoms. The number of hydrogen-bond donors (Lipinski definition) is 2. The third-order valence-electron chi connectivity index (χ3n) is 4.47. The van der Waals surface area contributed by atoms with E-state index in [1.807, 2.05) is 43.3 Å². The van der Waals surface area contributed by atoms with E-state index in [1.165, 1.54) is 0 Å². The van der Waals surface area contributed by atoms with E-state index in [9.17, 15) is 9.59 Å². The lowest BCUT2D eigenvalue weighted by molar-refractivity contribution is -0.122. The van der Waals surface area contributed by atoms with E-state index in [2.05, 4.69) is 31.4 Å². The van der Waals surface area contributed by atoms with Gasteiger partial charge in [0.15, 0.2) is 0 Å². The van der Waals surface area contributed by atoms with Gasteiger partial charge in [-0.05, 0) is 48.1 Å². The molecule has 1 unspecified atom stereocenters. The van der Waals surface area contributed by atoms with Gasteiger partial charge >= 0.3 is 0 Å². The first-order chi connectivity index (χ1) is 12.2.